The van der Waals surface area contributed by atoms with E-state index < -0.39 is 24.3 Å². The van der Waals surface area contributed by atoms with Gasteiger partial charge in [-0.15, -0.1) is 0 Å². The van der Waals surface area contributed by atoms with Crippen LogP contribution in [0.25, 0.3) is 0 Å². The smallest absolute Gasteiger partial charge is 0.338 e. The molecule has 0 saturated heterocycles. The van der Waals surface area contributed by atoms with Gasteiger partial charge >= 0.3 is 5.97 Å². The Morgan fingerprint density at radius 1 is 1.17 bits per heavy atom. The van der Waals surface area contributed by atoms with E-state index in [0.717, 1.165) is 11.8 Å². The molecule has 0 heterocycles. The van der Waals surface area contributed by atoms with Crippen LogP contribution < -0.4 is 10.2 Å². The van der Waals surface area contributed by atoms with Crippen molar-refractivity contribution < 1.29 is 18.7 Å². The maximum Gasteiger partial charge on any atom is 0.338 e. The molecule has 0 spiro atoms. The minimum Gasteiger partial charge on any atom is -0.452 e. The van der Waals surface area contributed by atoms with Gasteiger partial charge in [0.1, 0.15) is 5.82 Å². The second-order valence-corrected chi connectivity index (χ2v) is 5.63. The molecule has 2 rings (SSSR count). The maximum atomic E-state index is 13.5. The van der Waals surface area contributed by atoms with E-state index in [9.17, 15) is 14.0 Å². The third-order valence-corrected chi connectivity index (χ3v) is 3.39. The summed E-state index contributed by atoms with van der Waals surface area (Å²) in [5.41, 5.74) is 1.18. The number of halogens is 2. The lowest BCUT2D eigenvalue weighted by atomic mass is 10.2. The monoisotopic (exact) mass is 350 g/mol. The first-order valence-corrected chi connectivity index (χ1v) is 7.44. The van der Waals surface area contributed by atoms with Crippen molar-refractivity contribution in [3.05, 3.63) is 58.9 Å². The Balaban J connectivity index is 1.91. The van der Waals surface area contributed by atoms with E-state index in [1.807, 2.05) is 19.0 Å². The van der Waals surface area contributed by atoms with E-state index in [-0.39, 0.29) is 10.7 Å². The van der Waals surface area contributed by atoms with Crippen LogP contribution in [0.5, 0.6) is 0 Å². The van der Waals surface area contributed by atoms with Crippen molar-refractivity contribution in [3.8, 4) is 0 Å². The summed E-state index contributed by atoms with van der Waals surface area (Å²) in [4.78, 5) is 25.5. The molecule has 5 nitrogen and oxygen atoms in total. The first-order chi connectivity index (χ1) is 11.4. The Bertz CT molecular complexity index is 748. The lowest BCUT2D eigenvalue weighted by molar-refractivity contribution is -0.119. The first kappa shape index (κ1) is 17.7. The Morgan fingerprint density at radius 3 is 2.46 bits per heavy atom. The van der Waals surface area contributed by atoms with Crippen LogP contribution in [0.1, 0.15) is 10.4 Å². The van der Waals surface area contributed by atoms with Crippen molar-refractivity contribution in [1.82, 2.24) is 0 Å². The normalized spacial score (nSPS) is 10.2. The van der Waals surface area contributed by atoms with Crippen LogP contribution in [0.4, 0.5) is 15.8 Å². The predicted octanol–water partition coefficient (Wildman–Crippen LogP) is 3.34. The van der Waals surface area contributed by atoms with Gasteiger partial charge in [-0.05, 0) is 42.5 Å². The Kier molecular flexibility index (Phi) is 5.76. The second kappa shape index (κ2) is 7.79. The Hall–Kier alpha value is -2.60. The summed E-state index contributed by atoms with van der Waals surface area (Å²) in [6, 6.07) is 10.5. The van der Waals surface area contributed by atoms with E-state index in [0.29, 0.717) is 5.56 Å². The molecule has 126 valence electrons. The van der Waals surface area contributed by atoms with Gasteiger partial charge < -0.3 is 15.0 Å². The van der Waals surface area contributed by atoms with Gasteiger partial charge in [0.15, 0.2) is 6.61 Å². The third-order valence-electron chi connectivity index (χ3n) is 3.16. The number of esters is 1. The third kappa shape index (κ3) is 4.70. The summed E-state index contributed by atoms with van der Waals surface area (Å²) < 4.78 is 18.4. The molecule has 0 saturated carbocycles. The topological polar surface area (TPSA) is 58.6 Å². The molecule has 1 amide bonds. The quantitative estimate of drug-likeness (QED) is 0.840. The van der Waals surface area contributed by atoms with Crippen molar-refractivity contribution in [2.45, 2.75) is 0 Å². The highest BCUT2D eigenvalue weighted by molar-refractivity contribution is 6.30. The van der Waals surface area contributed by atoms with Crippen LogP contribution >= 0.6 is 11.6 Å². The number of carbonyl (C=O) groups excluding carboxylic acids is 2. The SMILES string of the molecule is CN(C)c1ccc(C(=O)OCC(=O)Nc2cc(Cl)ccc2F)cc1. The molecule has 0 unspecified atom stereocenters. The molecule has 2 aromatic rings. The fraction of sp³-hybridized carbons (Fsp3) is 0.176. The Labute approximate surface area is 144 Å². The lowest BCUT2D eigenvalue weighted by Crippen LogP contribution is -2.21. The standard InChI is InChI=1S/C17H16ClFN2O3/c1-21(2)13-6-3-11(4-7-13)17(23)24-10-16(22)20-15-9-12(18)5-8-14(15)19/h3-9H,10H2,1-2H3,(H,20,22). The maximum absolute atomic E-state index is 13.5. The predicted molar refractivity (Wildman–Crippen MR) is 91.1 cm³/mol. The average molecular weight is 351 g/mol. The minimum atomic E-state index is -0.658. The zero-order valence-corrected chi connectivity index (χ0v) is 13.9. The summed E-state index contributed by atoms with van der Waals surface area (Å²) in [6.07, 6.45) is 0. The number of nitrogens with zero attached hydrogens (tertiary/aromatic N) is 1. The molecule has 0 aliphatic carbocycles. The van der Waals surface area contributed by atoms with Crippen LogP contribution in [-0.2, 0) is 9.53 Å². The van der Waals surface area contributed by atoms with Crippen LogP contribution in [0.3, 0.4) is 0 Å². The summed E-state index contributed by atoms with van der Waals surface area (Å²) in [5, 5.41) is 2.58. The molecular formula is C17H16ClFN2O3. The number of rotatable bonds is 5. The van der Waals surface area contributed by atoms with Gasteiger partial charge in [-0.3, -0.25) is 4.79 Å². The lowest BCUT2D eigenvalue weighted by Gasteiger charge is -2.12. The zero-order chi connectivity index (χ0) is 17.7. The van der Waals surface area contributed by atoms with Crippen molar-refractivity contribution in [2.75, 3.05) is 30.9 Å². The number of nitrogens with one attached hydrogen (secondary N) is 1. The second-order valence-electron chi connectivity index (χ2n) is 5.19. The molecule has 0 fully saturated rings. The van der Waals surface area contributed by atoms with Gasteiger partial charge in [0.25, 0.3) is 5.91 Å². The van der Waals surface area contributed by atoms with Crippen LogP contribution in [0.2, 0.25) is 5.02 Å². The van der Waals surface area contributed by atoms with Gasteiger partial charge in [-0.25, -0.2) is 9.18 Å². The van der Waals surface area contributed by atoms with Crippen LogP contribution in [0, 0.1) is 5.82 Å². The van der Waals surface area contributed by atoms with Gasteiger partial charge in [0.2, 0.25) is 0 Å². The van der Waals surface area contributed by atoms with E-state index in [4.69, 9.17) is 16.3 Å². The molecule has 0 bridgehead atoms. The molecular weight excluding hydrogens is 335 g/mol. The van der Waals surface area contributed by atoms with E-state index in [2.05, 4.69) is 5.32 Å². The number of anilines is 2. The van der Waals surface area contributed by atoms with Gasteiger partial charge in [0.05, 0.1) is 11.3 Å². The number of carbonyl (C=O) groups is 2. The summed E-state index contributed by atoms with van der Waals surface area (Å²) >= 11 is 5.74. The highest BCUT2D eigenvalue weighted by Crippen LogP contribution is 2.19. The average Bonchev–Trinajstić information content (AvgIpc) is 2.56. The van der Waals surface area contributed by atoms with Gasteiger partial charge in [-0.1, -0.05) is 11.6 Å². The number of ether oxygens (including phenoxy) is 1. The number of amides is 1. The molecule has 1 N–H and O–H groups in total. The van der Waals surface area contributed by atoms with Crippen LogP contribution in [0.15, 0.2) is 42.5 Å². The molecule has 0 radical (unpaired) electrons. The van der Waals surface area contributed by atoms with Crippen LogP contribution in [-0.4, -0.2) is 32.6 Å². The van der Waals surface area contributed by atoms with Crippen molar-refractivity contribution in [3.63, 3.8) is 0 Å². The molecule has 24 heavy (non-hydrogen) atoms. The molecule has 2 aromatic carbocycles. The van der Waals surface area contributed by atoms with Gasteiger partial charge in [0, 0.05) is 24.8 Å². The highest BCUT2D eigenvalue weighted by Gasteiger charge is 2.12. The van der Waals surface area contributed by atoms with Crippen molar-refractivity contribution in [1.29, 1.82) is 0 Å². The van der Waals surface area contributed by atoms with E-state index >= 15 is 0 Å². The molecule has 0 aliphatic heterocycles. The van der Waals surface area contributed by atoms with E-state index in [1.165, 1.54) is 12.1 Å². The summed E-state index contributed by atoms with van der Waals surface area (Å²) in [5.74, 6) is -1.92. The fourth-order valence-corrected chi connectivity index (χ4v) is 2.06. The molecule has 0 aliphatic rings. The number of benzene rings is 2. The Morgan fingerprint density at radius 2 is 1.83 bits per heavy atom. The first-order valence-electron chi connectivity index (χ1n) is 7.06. The van der Waals surface area contributed by atoms with E-state index in [1.54, 1.807) is 24.3 Å². The largest absolute Gasteiger partial charge is 0.452 e. The molecule has 0 atom stereocenters. The van der Waals surface area contributed by atoms with Gasteiger partial charge in [-0.2, -0.15) is 0 Å². The zero-order valence-electron chi connectivity index (χ0n) is 13.2. The van der Waals surface area contributed by atoms with Crippen molar-refractivity contribution >= 4 is 34.9 Å². The fourth-order valence-electron chi connectivity index (χ4n) is 1.89. The number of hydrogen-bond acceptors (Lipinski definition) is 4. The highest BCUT2D eigenvalue weighted by atomic mass is 35.5. The minimum absolute atomic E-state index is 0.0705. The molecule has 7 heteroatoms. The number of hydrogen-bond donors (Lipinski definition) is 1. The molecule has 0 aromatic heterocycles. The summed E-state index contributed by atoms with van der Waals surface area (Å²) in [7, 11) is 3.76. The van der Waals surface area contributed by atoms with Crippen molar-refractivity contribution in [2.24, 2.45) is 0 Å². The summed E-state index contributed by atoms with van der Waals surface area (Å²) in [6.45, 7) is -0.528.